The van der Waals surface area contributed by atoms with Gasteiger partial charge >= 0.3 is 0 Å². The Bertz CT molecular complexity index is 1660. The van der Waals surface area contributed by atoms with Gasteiger partial charge in [-0.05, 0) is 61.7 Å². The lowest BCUT2D eigenvalue weighted by atomic mass is 9.99. The standard InChI is InChI=1S/C29H26N3O/c1-17-9-8-10-18(2)25(17)22-16-15-21-20-14-13-19(3)26(27(20)33-28(21)30-22)29-31(4)23-11-6-7-12-24(23)32(29)5/h6-16H,1-5H3/q+1. The molecule has 162 valence electrons. The predicted molar refractivity (Wildman–Crippen MR) is 134 cm³/mol. The van der Waals surface area contributed by atoms with Gasteiger partial charge in [0.15, 0.2) is 16.6 Å². The van der Waals surface area contributed by atoms with Gasteiger partial charge < -0.3 is 4.42 Å². The number of fused-ring (bicyclic) bond motifs is 4. The lowest BCUT2D eigenvalue weighted by Crippen LogP contribution is -2.30. The summed E-state index contributed by atoms with van der Waals surface area (Å²) in [5.41, 5.74) is 10.8. The quantitative estimate of drug-likeness (QED) is 0.291. The maximum Gasteiger partial charge on any atom is 0.293 e. The van der Waals surface area contributed by atoms with Crippen molar-refractivity contribution in [3.63, 3.8) is 0 Å². The van der Waals surface area contributed by atoms with Gasteiger partial charge in [0.05, 0.1) is 19.8 Å². The summed E-state index contributed by atoms with van der Waals surface area (Å²) < 4.78 is 11.0. The van der Waals surface area contributed by atoms with E-state index in [4.69, 9.17) is 9.40 Å². The van der Waals surface area contributed by atoms with Gasteiger partial charge in [0.1, 0.15) is 5.56 Å². The van der Waals surface area contributed by atoms with Crippen molar-refractivity contribution in [3.8, 4) is 22.6 Å². The van der Waals surface area contributed by atoms with Crippen LogP contribution in [0.25, 0.3) is 55.7 Å². The van der Waals surface area contributed by atoms with Gasteiger partial charge in [-0.1, -0.05) is 42.5 Å². The predicted octanol–water partition coefficient (Wildman–Crippen LogP) is 6.56. The van der Waals surface area contributed by atoms with Crippen molar-refractivity contribution in [2.75, 3.05) is 0 Å². The maximum atomic E-state index is 6.53. The zero-order valence-electron chi connectivity index (χ0n) is 19.6. The minimum Gasteiger partial charge on any atom is -0.437 e. The molecule has 33 heavy (non-hydrogen) atoms. The average molecular weight is 433 g/mol. The molecular formula is C29H26N3O+. The third-order valence-corrected chi connectivity index (χ3v) is 6.92. The fraction of sp³-hybridized carbons (Fsp3) is 0.172. The number of hydrogen-bond donors (Lipinski definition) is 0. The maximum absolute atomic E-state index is 6.53. The fourth-order valence-electron chi connectivity index (χ4n) is 5.27. The van der Waals surface area contributed by atoms with Crippen molar-refractivity contribution in [3.05, 3.63) is 83.4 Å². The molecule has 0 aliphatic rings. The highest BCUT2D eigenvalue weighted by Crippen LogP contribution is 2.38. The summed E-state index contributed by atoms with van der Waals surface area (Å²) in [6, 6.07) is 23.4. The van der Waals surface area contributed by atoms with E-state index in [9.17, 15) is 0 Å². The molecule has 0 saturated heterocycles. The summed E-state index contributed by atoms with van der Waals surface area (Å²) in [4.78, 5) is 4.98. The summed E-state index contributed by atoms with van der Waals surface area (Å²) in [7, 11) is 4.24. The first-order chi connectivity index (χ1) is 16.0. The molecule has 3 heterocycles. The van der Waals surface area contributed by atoms with Crippen LogP contribution in [0.2, 0.25) is 0 Å². The molecule has 0 saturated carbocycles. The molecule has 0 radical (unpaired) electrons. The van der Waals surface area contributed by atoms with Gasteiger partial charge in [0, 0.05) is 16.3 Å². The Kier molecular flexibility index (Phi) is 4.21. The summed E-state index contributed by atoms with van der Waals surface area (Å²) in [5.74, 6) is 1.12. The van der Waals surface area contributed by atoms with Crippen molar-refractivity contribution in [1.29, 1.82) is 0 Å². The van der Waals surface area contributed by atoms with Crippen LogP contribution in [0.4, 0.5) is 0 Å². The molecule has 0 bridgehead atoms. The Morgan fingerprint density at radius 2 is 1.45 bits per heavy atom. The van der Waals surface area contributed by atoms with E-state index in [1.54, 1.807) is 0 Å². The second-order valence-electron chi connectivity index (χ2n) is 8.98. The van der Waals surface area contributed by atoms with Crippen LogP contribution in [0.15, 0.2) is 71.1 Å². The number of benzene rings is 3. The average Bonchev–Trinajstić information content (AvgIpc) is 3.29. The van der Waals surface area contributed by atoms with E-state index in [2.05, 4.69) is 111 Å². The van der Waals surface area contributed by atoms with Gasteiger partial charge in [0.2, 0.25) is 5.71 Å². The van der Waals surface area contributed by atoms with Crippen LogP contribution >= 0.6 is 0 Å². The highest BCUT2D eigenvalue weighted by Gasteiger charge is 2.27. The van der Waals surface area contributed by atoms with Crippen LogP contribution < -0.4 is 4.57 Å². The van der Waals surface area contributed by atoms with E-state index in [-0.39, 0.29) is 0 Å². The number of aromatic nitrogens is 3. The lowest BCUT2D eigenvalue weighted by Gasteiger charge is -2.08. The number of furan rings is 1. The molecule has 4 nitrogen and oxygen atoms in total. The molecule has 6 aromatic rings. The fourth-order valence-corrected chi connectivity index (χ4v) is 5.27. The molecule has 0 fully saturated rings. The van der Waals surface area contributed by atoms with Crippen molar-refractivity contribution in [1.82, 2.24) is 9.55 Å². The molecule has 0 amide bonds. The number of rotatable bonds is 2. The van der Waals surface area contributed by atoms with Gasteiger partial charge in [-0.2, -0.15) is 0 Å². The number of nitrogens with zero attached hydrogens (tertiary/aromatic N) is 3. The summed E-state index contributed by atoms with van der Waals surface area (Å²) >= 11 is 0. The van der Waals surface area contributed by atoms with Crippen molar-refractivity contribution >= 4 is 33.1 Å². The van der Waals surface area contributed by atoms with Crippen LogP contribution in [0, 0.1) is 20.8 Å². The van der Waals surface area contributed by atoms with Gasteiger partial charge in [-0.25, -0.2) is 14.1 Å². The first kappa shape index (κ1) is 19.7. The van der Waals surface area contributed by atoms with E-state index >= 15 is 0 Å². The third kappa shape index (κ3) is 2.77. The molecule has 3 aromatic carbocycles. The molecule has 0 unspecified atom stereocenters. The smallest absolute Gasteiger partial charge is 0.293 e. The van der Waals surface area contributed by atoms with Gasteiger partial charge in [-0.15, -0.1) is 0 Å². The van der Waals surface area contributed by atoms with Crippen LogP contribution in [0.3, 0.4) is 0 Å². The topological polar surface area (TPSA) is 34.8 Å². The molecule has 4 heteroatoms. The molecule has 0 aliphatic carbocycles. The zero-order chi connectivity index (χ0) is 22.9. The third-order valence-electron chi connectivity index (χ3n) is 6.92. The van der Waals surface area contributed by atoms with E-state index in [0.29, 0.717) is 5.71 Å². The normalized spacial score (nSPS) is 11.8. The Morgan fingerprint density at radius 1 is 0.758 bits per heavy atom. The Hall–Kier alpha value is -3.92. The van der Waals surface area contributed by atoms with Gasteiger partial charge in [-0.3, -0.25) is 0 Å². The van der Waals surface area contributed by atoms with Crippen LogP contribution in [-0.2, 0) is 14.1 Å². The Labute approximate surface area is 192 Å². The summed E-state index contributed by atoms with van der Waals surface area (Å²) in [6.07, 6.45) is 0. The molecule has 0 aliphatic heterocycles. The number of pyridine rings is 1. The minimum absolute atomic E-state index is 0.679. The summed E-state index contributed by atoms with van der Waals surface area (Å²) in [5, 5.41) is 2.14. The summed E-state index contributed by atoms with van der Waals surface area (Å²) in [6.45, 7) is 6.41. The molecule has 0 N–H and O–H groups in total. The van der Waals surface area contributed by atoms with E-state index in [1.165, 1.54) is 33.3 Å². The van der Waals surface area contributed by atoms with Gasteiger partial charge in [0.25, 0.3) is 5.82 Å². The number of hydrogen-bond acceptors (Lipinski definition) is 2. The van der Waals surface area contributed by atoms with E-state index in [1.807, 2.05) is 0 Å². The van der Waals surface area contributed by atoms with E-state index in [0.717, 1.165) is 33.4 Å². The van der Waals surface area contributed by atoms with Crippen LogP contribution in [0.1, 0.15) is 16.7 Å². The largest absolute Gasteiger partial charge is 0.437 e. The minimum atomic E-state index is 0.679. The van der Waals surface area contributed by atoms with Crippen molar-refractivity contribution < 1.29 is 8.98 Å². The monoisotopic (exact) mass is 432 g/mol. The molecule has 3 aromatic heterocycles. The second kappa shape index (κ2) is 7.04. The van der Waals surface area contributed by atoms with E-state index < -0.39 is 0 Å². The molecule has 0 atom stereocenters. The van der Waals surface area contributed by atoms with Crippen LogP contribution in [0.5, 0.6) is 0 Å². The second-order valence-corrected chi connectivity index (χ2v) is 8.98. The SMILES string of the molecule is Cc1cccc(C)c1-c1ccc2c(n1)oc1c(-c3n(C)c4ccccc4[n+]3C)c(C)ccc12. The first-order valence-corrected chi connectivity index (χ1v) is 11.3. The first-order valence-electron chi connectivity index (χ1n) is 11.3. The molecular weight excluding hydrogens is 406 g/mol. The van der Waals surface area contributed by atoms with Crippen molar-refractivity contribution in [2.45, 2.75) is 20.8 Å². The molecule has 0 spiro atoms. The highest BCUT2D eigenvalue weighted by atomic mass is 16.3. The number of para-hydroxylation sites is 2. The highest BCUT2D eigenvalue weighted by molar-refractivity contribution is 6.09. The lowest BCUT2D eigenvalue weighted by molar-refractivity contribution is -0.634. The number of aryl methyl sites for hydroxylation is 5. The molecule has 6 rings (SSSR count). The number of imidazole rings is 1. The Balaban J connectivity index is 1.66. The zero-order valence-corrected chi connectivity index (χ0v) is 19.6. The Morgan fingerprint density at radius 3 is 2.21 bits per heavy atom. The van der Waals surface area contributed by atoms with Crippen LogP contribution in [-0.4, -0.2) is 9.55 Å². The van der Waals surface area contributed by atoms with Crippen molar-refractivity contribution in [2.24, 2.45) is 14.1 Å².